The highest BCUT2D eigenvalue weighted by molar-refractivity contribution is 8.15. The number of benzene rings is 1. The second-order valence-corrected chi connectivity index (χ2v) is 6.17. The zero-order valence-electron chi connectivity index (χ0n) is 10.9. The molecule has 104 valence electrons. The van der Waals surface area contributed by atoms with Crippen molar-refractivity contribution >= 4 is 35.5 Å². The Hall–Kier alpha value is -0.910. The molecule has 1 amide bonds. The Labute approximate surface area is 122 Å². The van der Waals surface area contributed by atoms with Gasteiger partial charge in [0.05, 0.1) is 12.6 Å². The van der Waals surface area contributed by atoms with Crippen molar-refractivity contribution in [3.05, 3.63) is 42.0 Å². The van der Waals surface area contributed by atoms with E-state index in [1.807, 2.05) is 36.6 Å². The second kappa shape index (κ2) is 9.95. The lowest BCUT2D eigenvalue weighted by atomic mass is 10.2. The molecule has 1 aromatic rings. The number of hydrogen-bond donors (Lipinski definition) is 2. The van der Waals surface area contributed by atoms with Gasteiger partial charge in [-0.15, -0.1) is 11.8 Å². The first kappa shape index (κ1) is 16.1. The molecule has 2 N–H and O–H groups in total. The van der Waals surface area contributed by atoms with E-state index in [4.69, 9.17) is 0 Å². The van der Waals surface area contributed by atoms with Crippen LogP contribution in [0.15, 0.2) is 36.4 Å². The van der Waals surface area contributed by atoms with Crippen molar-refractivity contribution in [3.8, 4) is 0 Å². The van der Waals surface area contributed by atoms with Crippen molar-refractivity contribution in [2.24, 2.45) is 0 Å². The van der Waals surface area contributed by atoms with Crippen LogP contribution in [-0.2, 0) is 4.79 Å². The van der Waals surface area contributed by atoms with Crippen LogP contribution in [0.1, 0.15) is 5.56 Å². The molecule has 1 rings (SSSR count). The van der Waals surface area contributed by atoms with Gasteiger partial charge in [-0.2, -0.15) is 11.8 Å². The summed E-state index contributed by atoms with van der Waals surface area (Å²) in [4.78, 5) is 11.7. The molecule has 0 aliphatic heterocycles. The van der Waals surface area contributed by atoms with E-state index in [0.717, 1.165) is 16.4 Å². The Kier molecular flexibility index (Phi) is 8.45. The molecule has 0 aliphatic rings. The maximum atomic E-state index is 11.7. The van der Waals surface area contributed by atoms with Crippen LogP contribution in [0.4, 0.5) is 0 Å². The summed E-state index contributed by atoms with van der Waals surface area (Å²) < 4.78 is 0. The van der Waals surface area contributed by atoms with Gasteiger partial charge in [0, 0.05) is 16.9 Å². The Morgan fingerprint density at radius 1 is 1.42 bits per heavy atom. The zero-order chi connectivity index (χ0) is 13.9. The number of aliphatic hydroxyl groups excluding tert-OH is 1. The quantitative estimate of drug-likeness (QED) is 0.439. The van der Waals surface area contributed by atoms with Crippen LogP contribution in [0.25, 0.3) is 6.08 Å². The topological polar surface area (TPSA) is 49.3 Å². The number of thioether (sulfide) groups is 2. The number of carbonyl (C=O) groups is 1. The van der Waals surface area contributed by atoms with Gasteiger partial charge in [-0.05, 0) is 17.9 Å². The Balaban J connectivity index is 2.38. The van der Waals surface area contributed by atoms with Crippen LogP contribution >= 0.6 is 23.5 Å². The van der Waals surface area contributed by atoms with Crippen molar-refractivity contribution in [1.29, 1.82) is 0 Å². The lowest BCUT2D eigenvalue weighted by molar-refractivity contribution is -0.117. The SMILES string of the molecule is CSCSCC(CO)NC(=O)/C=C/c1ccccc1. The summed E-state index contributed by atoms with van der Waals surface area (Å²) in [6.07, 6.45) is 5.29. The monoisotopic (exact) mass is 297 g/mol. The molecule has 0 heterocycles. The average molecular weight is 297 g/mol. The van der Waals surface area contributed by atoms with E-state index in [1.165, 1.54) is 6.08 Å². The number of carbonyl (C=O) groups excluding carboxylic acids is 1. The van der Waals surface area contributed by atoms with Crippen LogP contribution in [0.5, 0.6) is 0 Å². The molecule has 5 heteroatoms. The molecular weight excluding hydrogens is 278 g/mol. The average Bonchev–Trinajstić information content (AvgIpc) is 2.45. The number of rotatable bonds is 8. The minimum absolute atomic E-state index is 0.0354. The maximum Gasteiger partial charge on any atom is 0.244 e. The van der Waals surface area contributed by atoms with Crippen molar-refractivity contribution in [1.82, 2.24) is 5.32 Å². The lowest BCUT2D eigenvalue weighted by Crippen LogP contribution is -2.38. The molecule has 1 unspecified atom stereocenters. The van der Waals surface area contributed by atoms with Gasteiger partial charge in [-0.1, -0.05) is 30.3 Å². The van der Waals surface area contributed by atoms with Gasteiger partial charge in [0.2, 0.25) is 5.91 Å². The molecular formula is C14H19NO2S2. The predicted octanol–water partition coefficient (Wildman–Crippen LogP) is 2.23. The minimum atomic E-state index is -0.190. The molecule has 0 spiro atoms. The van der Waals surface area contributed by atoms with Crippen molar-refractivity contribution in [2.75, 3.05) is 23.7 Å². The first-order valence-electron chi connectivity index (χ1n) is 5.97. The van der Waals surface area contributed by atoms with Crippen LogP contribution < -0.4 is 5.32 Å². The van der Waals surface area contributed by atoms with Gasteiger partial charge in [-0.3, -0.25) is 4.79 Å². The highest BCUT2D eigenvalue weighted by Gasteiger charge is 2.09. The Morgan fingerprint density at radius 3 is 2.79 bits per heavy atom. The summed E-state index contributed by atoms with van der Waals surface area (Å²) in [5.41, 5.74) is 0.981. The molecule has 0 radical (unpaired) electrons. The predicted molar refractivity (Wildman–Crippen MR) is 85.3 cm³/mol. The zero-order valence-corrected chi connectivity index (χ0v) is 12.5. The van der Waals surface area contributed by atoms with E-state index in [2.05, 4.69) is 5.32 Å². The van der Waals surface area contributed by atoms with Crippen molar-refractivity contribution < 1.29 is 9.90 Å². The van der Waals surface area contributed by atoms with E-state index in [-0.39, 0.29) is 18.6 Å². The number of nitrogens with one attached hydrogen (secondary N) is 1. The molecule has 0 aromatic heterocycles. The smallest absolute Gasteiger partial charge is 0.244 e. The lowest BCUT2D eigenvalue weighted by Gasteiger charge is -2.14. The van der Waals surface area contributed by atoms with E-state index < -0.39 is 0 Å². The van der Waals surface area contributed by atoms with Gasteiger partial charge < -0.3 is 10.4 Å². The fraction of sp³-hybridized carbons (Fsp3) is 0.357. The van der Waals surface area contributed by atoms with Gasteiger partial charge >= 0.3 is 0 Å². The van der Waals surface area contributed by atoms with Crippen molar-refractivity contribution in [3.63, 3.8) is 0 Å². The summed E-state index contributed by atoms with van der Waals surface area (Å²) in [5, 5.41) is 13.0. The molecule has 0 saturated heterocycles. The first-order valence-corrected chi connectivity index (χ1v) is 8.52. The molecule has 19 heavy (non-hydrogen) atoms. The highest BCUT2D eigenvalue weighted by atomic mass is 32.2. The molecule has 0 bridgehead atoms. The second-order valence-electron chi connectivity index (χ2n) is 3.91. The highest BCUT2D eigenvalue weighted by Crippen LogP contribution is 2.09. The number of hydrogen-bond acceptors (Lipinski definition) is 4. The van der Waals surface area contributed by atoms with Gasteiger partial charge in [0.1, 0.15) is 0 Å². The van der Waals surface area contributed by atoms with E-state index in [0.29, 0.717) is 0 Å². The summed E-state index contributed by atoms with van der Waals surface area (Å²) in [5.74, 6) is 0.551. The molecule has 1 aromatic carbocycles. The standard InChI is InChI=1S/C14H19NO2S2/c1-18-11-19-10-13(9-16)15-14(17)8-7-12-5-3-2-4-6-12/h2-8,13,16H,9-11H2,1H3,(H,15,17)/b8-7+. The third-order valence-electron chi connectivity index (χ3n) is 2.31. The molecule has 3 nitrogen and oxygen atoms in total. The van der Waals surface area contributed by atoms with E-state index in [1.54, 1.807) is 29.6 Å². The Morgan fingerprint density at radius 2 is 2.16 bits per heavy atom. The van der Waals surface area contributed by atoms with Crippen LogP contribution in [-0.4, -0.2) is 40.8 Å². The third kappa shape index (κ3) is 7.30. The summed E-state index contributed by atoms with van der Waals surface area (Å²) >= 11 is 3.44. The van der Waals surface area contributed by atoms with Crippen LogP contribution in [0, 0.1) is 0 Å². The minimum Gasteiger partial charge on any atom is -0.394 e. The third-order valence-corrected chi connectivity index (χ3v) is 4.56. The summed E-state index contributed by atoms with van der Waals surface area (Å²) in [6.45, 7) is -0.0354. The Bertz CT molecular complexity index is 396. The summed E-state index contributed by atoms with van der Waals surface area (Å²) in [7, 11) is 0. The molecule has 0 fully saturated rings. The van der Waals surface area contributed by atoms with Crippen LogP contribution in [0.2, 0.25) is 0 Å². The van der Waals surface area contributed by atoms with Gasteiger partial charge in [-0.25, -0.2) is 0 Å². The molecule has 0 aliphatic carbocycles. The largest absolute Gasteiger partial charge is 0.394 e. The number of amides is 1. The molecule has 0 saturated carbocycles. The van der Waals surface area contributed by atoms with Gasteiger partial charge in [0.15, 0.2) is 0 Å². The van der Waals surface area contributed by atoms with Crippen LogP contribution in [0.3, 0.4) is 0 Å². The van der Waals surface area contributed by atoms with Gasteiger partial charge in [0.25, 0.3) is 0 Å². The summed E-state index contributed by atoms with van der Waals surface area (Å²) in [6, 6.07) is 9.45. The first-order chi connectivity index (χ1) is 9.26. The molecule has 1 atom stereocenters. The fourth-order valence-electron chi connectivity index (χ4n) is 1.40. The van der Waals surface area contributed by atoms with E-state index in [9.17, 15) is 9.90 Å². The normalized spacial score (nSPS) is 12.5. The number of aliphatic hydroxyl groups is 1. The van der Waals surface area contributed by atoms with E-state index >= 15 is 0 Å². The van der Waals surface area contributed by atoms with Crippen molar-refractivity contribution in [2.45, 2.75) is 6.04 Å². The maximum absolute atomic E-state index is 11.7. The fourth-order valence-corrected chi connectivity index (χ4v) is 2.92.